The Balaban J connectivity index is 1.29. The summed E-state index contributed by atoms with van der Waals surface area (Å²) in [7, 11) is -3.50. The molecule has 0 spiro atoms. The third-order valence-electron chi connectivity index (χ3n) is 6.55. The molecular weight excluding hydrogens is 506 g/mol. The predicted octanol–water partition coefficient (Wildman–Crippen LogP) is -1.65. The van der Waals surface area contributed by atoms with Gasteiger partial charge in [-0.1, -0.05) is 6.07 Å². The number of aromatic nitrogens is 4. The van der Waals surface area contributed by atoms with Crippen molar-refractivity contribution in [2.24, 2.45) is 0 Å². The van der Waals surface area contributed by atoms with E-state index in [9.17, 15) is 23.4 Å². The number of fused-ring (bicyclic) bond motifs is 1. The lowest BCUT2D eigenvalue weighted by Gasteiger charge is -2.29. The van der Waals surface area contributed by atoms with Gasteiger partial charge in [0.2, 0.25) is 5.95 Å². The number of aliphatic hydroxyl groups is 2. The zero-order valence-electron chi connectivity index (χ0n) is 20.1. The summed E-state index contributed by atoms with van der Waals surface area (Å²) in [5.41, 5.74) is 6.63. The van der Waals surface area contributed by atoms with E-state index in [0.717, 1.165) is 5.69 Å². The van der Waals surface area contributed by atoms with E-state index < -0.39 is 39.9 Å². The summed E-state index contributed by atoms with van der Waals surface area (Å²) in [6.45, 7) is 2.85. The Kier molecular flexibility index (Phi) is 6.91. The van der Waals surface area contributed by atoms with Crippen molar-refractivity contribution >= 4 is 32.6 Å². The van der Waals surface area contributed by atoms with E-state index >= 15 is 0 Å². The van der Waals surface area contributed by atoms with Crippen LogP contribution in [0.2, 0.25) is 0 Å². The first-order chi connectivity index (χ1) is 17.6. The molecular formula is C22H29N7O7S. The van der Waals surface area contributed by atoms with E-state index in [4.69, 9.17) is 15.2 Å². The number of ether oxygens (including phenoxy) is 2. The molecule has 0 bridgehead atoms. The van der Waals surface area contributed by atoms with Crippen LogP contribution in [-0.2, 0) is 25.9 Å². The van der Waals surface area contributed by atoms with Crippen LogP contribution < -0.4 is 21.5 Å². The molecule has 4 atom stereocenters. The summed E-state index contributed by atoms with van der Waals surface area (Å²) in [4.78, 5) is 24.8. The number of aliphatic hydroxyl groups excluding tert-OH is 2. The first kappa shape index (κ1) is 25.6. The quantitative estimate of drug-likeness (QED) is 0.231. The molecule has 14 nitrogen and oxygen atoms in total. The number of benzene rings is 1. The maximum atomic E-state index is 12.5. The molecule has 37 heavy (non-hydrogen) atoms. The average Bonchev–Trinajstić information content (AvgIpc) is 3.40. The molecule has 0 aliphatic carbocycles. The largest absolute Gasteiger partial charge is 0.387 e. The molecule has 2 aliphatic rings. The molecule has 6 N–H and O–H groups in total. The van der Waals surface area contributed by atoms with Crippen molar-refractivity contribution in [3.05, 3.63) is 40.4 Å². The summed E-state index contributed by atoms with van der Waals surface area (Å²) in [5, 5.41) is 24.3. The van der Waals surface area contributed by atoms with E-state index in [-0.39, 0.29) is 35.1 Å². The highest BCUT2D eigenvalue weighted by Crippen LogP contribution is 2.31. The van der Waals surface area contributed by atoms with Crippen LogP contribution >= 0.6 is 0 Å². The van der Waals surface area contributed by atoms with Gasteiger partial charge in [0, 0.05) is 38.1 Å². The number of H-pyrrole nitrogens is 1. The fraction of sp³-hybridized carbons (Fsp3) is 0.500. The topological polar surface area (TPSA) is 198 Å². The standard InChI is InChI=1S/C22H29N7O7S/c1-37(33,34)15-8-13(28-4-6-35-7-5-28)3-2-12(15)9-24-10-14-17(30)18(31)21(36-14)29-11-25-16-19(29)26-22(23)27-20(16)32/h2-3,8,11,14,17-18,21,24,30-31H,4-7,9-10H2,1H3,(H3,23,26,27,32)/t14-,17-,18-,21-/m1/s1. The Morgan fingerprint density at radius 3 is 2.73 bits per heavy atom. The molecule has 0 amide bonds. The molecule has 2 aromatic heterocycles. The van der Waals surface area contributed by atoms with Gasteiger partial charge in [-0.3, -0.25) is 14.3 Å². The summed E-state index contributed by atoms with van der Waals surface area (Å²) < 4.78 is 37.6. The van der Waals surface area contributed by atoms with Gasteiger partial charge in [-0.05, 0) is 17.7 Å². The molecule has 2 aliphatic heterocycles. The molecule has 2 saturated heterocycles. The zero-order chi connectivity index (χ0) is 26.3. The van der Waals surface area contributed by atoms with Gasteiger partial charge in [-0.15, -0.1) is 0 Å². The number of morpholine rings is 1. The van der Waals surface area contributed by atoms with Crippen molar-refractivity contribution in [1.82, 2.24) is 24.8 Å². The van der Waals surface area contributed by atoms with Crippen LogP contribution in [0.3, 0.4) is 0 Å². The SMILES string of the molecule is CS(=O)(=O)c1cc(N2CCOCC2)ccc1CNC[C@H]1O[C@@H](n2cnc3c(=O)[nH]c(N)nc32)[C@H](O)[C@@H]1O. The number of nitrogens with two attached hydrogens (primary N) is 1. The van der Waals surface area contributed by atoms with Crippen LogP contribution in [-0.4, -0.2) is 95.6 Å². The van der Waals surface area contributed by atoms with Crippen molar-refractivity contribution in [2.45, 2.75) is 36.0 Å². The number of sulfone groups is 1. The molecule has 4 heterocycles. The Bertz CT molecular complexity index is 1450. The van der Waals surface area contributed by atoms with Crippen molar-refractivity contribution < 1.29 is 28.1 Å². The molecule has 0 unspecified atom stereocenters. The van der Waals surface area contributed by atoms with E-state index in [1.807, 2.05) is 6.07 Å². The summed E-state index contributed by atoms with van der Waals surface area (Å²) in [5.74, 6) is -0.119. The van der Waals surface area contributed by atoms with Gasteiger partial charge in [0.05, 0.1) is 24.4 Å². The minimum absolute atomic E-state index is 0.0231. The van der Waals surface area contributed by atoms with Crippen LogP contribution in [0.1, 0.15) is 11.8 Å². The number of hydrogen-bond donors (Lipinski definition) is 5. The zero-order valence-corrected chi connectivity index (χ0v) is 20.9. The average molecular weight is 536 g/mol. The second-order valence-corrected chi connectivity index (χ2v) is 11.1. The molecule has 0 saturated carbocycles. The van der Waals surface area contributed by atoms with Crippen molar-refractivity contribution in [3.8, 4) is 0 Å². The molecule has 15 heteroatoms. The second-order valence-electron chi connectivity index (χ2n) is 9.12. The third kappa shape index (κ3) is 5.05. The smallest absolute Gasteiger partial charge is 0.280 e. The number of anilines is 2. The Morgan fingerprint density at radius 2 is 2.00 bits per heavy atom. The lowest BCUT2D eigenvalue weighted by Crippen LogP contribution is -2.37. The van der Waals surface area contributed by atoms with Crippen molar-refractivity contribution in [1.29, 1.82) is 0 Å². The normalized spacial score (nSPS) is 24.7. The number of aromatic amines is 1. The predicted molar refractivity (Wildman–Crippen MR) is 133 cm³/mol. The minimum atomic E-state index is -3.50. The van der Waals surface area contributed by atoms with Gasteiger partial charge in [0.15, 0.2) is 27.2 Å². The van der Waals surface area contributed by atoms with Crippen LogP contribution in [0, 0.1) is 0 Å². The van der Waals surface area contributed by atoms with Gasteiger partial charge in [0.1, 0.15) is 18.3 Å². The molecule has 3 aromatic rings. The van der Waals surface area contributed by atoms with Crippen LogP contribution in [0.25, 0.3) is 11.2 Å². The molecule has 0 radical (unpaired) electrons. The van der Waals surface area contributed by atoms with Gasteiger partial charge in [0.25, 0.3) is 5.56 Å². The molecule has 5 rings (SSSR count). The number of rotatable bonds is 7. The van der Waals surface area contributed by atoms with Gasteiger partial charge < -0.3 is 35.6 Å². The Hall–Kier alpha value is -3.08. The summed E-state index contributed by atoms with van der Waals surface area (Å²) >= 11 is 0. The Morgan fingerprint density at radius 1 is 1.24 bits per heavy atom. The van der Waals surface area contributed by atoms with Gasteiger partial charge in [-0.2, -0.15) is 4.98 Å². The maximum Gasteiger partial charge on any atom is 0.280 e. The highest BCUT2D eigenvalue weighted by Gasteiger charge is 2.44. The van der Waals surface area contributed by atoms with Crippen molar-refractivity contribution in [3.63, 3.8) is 0 Å². The fourth-order valence-corrected chi connectivity index (χ4v) is 5.61. The van der Waals surface area contributed by atoms with E-state index in [1.54, 1.807) is 12.1 Å². The maximum absolute atomic E-state index is 12.5. The Labute approximate surface area is 212 Å². The number of imidazole rings is 1. The molecule has 200 valence electrons. The van der Waals surface area contributed by atoms with E-state index in [0.29, 0.717) is 31.9 Å². The highest BCUT2D eigenvalue weighted by atomic mass is 32.2. The second kappa shape index (κ2) is 10.00. The van der Waals surface area contributed by atoms with Gasteiger partial charge in [-0.25, -0.2) is 13.4 Å². The first-order valence-electron chi connectivity index (χ1n) is 11.7. The lowest BCUT2D eigenvalue weighted by atomic mass is 10.1. The van der Waals surface area contributed by atoms with E-state index in [2.05, 4.69) is 25.2 Å². The molecule has 1 aromatic carbocycles. The van der Waals surface area contributed by atoms with Crippen LogP contribution in [0.4, 0.5) is 11.6 Å². The van der Waals surface area contributed by atoms with E-state index in [1.165, 1.54) is 17.2 Å². The van der Waals surface area contributed by atoms with Crippen LogP contribution in [0.5, 0.6) is 0 Å². The number of nitrogens with one attached hydrogen (secondary N) is 2. The summed E-state index contributed by atoms with van der Waals surface area (Å²) in [6.07, 6.45) is -2.01. The highest BCUT2D eigenvalue weighted by molar-refractivity contribution is 7.90. The number of nitrogens with zero attached hydrogens (tertiary/aromatic N) is 4. The minimum Gasteiger partial charge on any atom is -0.387 e. The van der Waals surface area contributed by atoms with Crippen molar-refractivity contribution in [2.75, 3.05) is 49.7 Å². The van der Waals surface area contributed by atoms with Gasteiger partial charge >= 0.3 is 0 Å². The molecule has 2 fully saturated rings. The number of nitrogen functional groups attached to an aromatic ring is 1. The monoisotopic (exact) mass is 535 g/mol. The van der Waals surface area contributed by atoms with Crippen LogP contribution in [0.15, 0.2) is 34.2 Å². The first-order valence-corrected chi connectivity index (χ1v) is 13.6. The number of hydrogen-bond acceptors (Lipinski definition) is 12. The lowest BCUT2D eigenvalue weighted by molar-refractivity contribution is -0.0342. The third-order valence-corrected chi connectivity index (χ3v) is 7.73. The summed E-state index contributed by atoms with van der Waals surface area (Å²) in [6, 6.07) is 5.31. The fourth-order valence-electron chi connectivity index (χ4n) is 4.66.